The topological polar surface area (TPSA) is 46.3 Å². The van der Waals surface area contributed by atoms with Crippen LogP contribution < -0.4 is 10.6 Å². The van der Waals surface area contributed by atoms with Gasteiger partial charge in [0, 0.05) is 17.9 Å². The van der Waals surface area contributed by atoms with E-state index in [1.54, 1.807) is 31.2 Å². The zero-order valence-corrected chi connectivity index (χ0v) is 10.9. The van der Waals surface area contributed by atoms with Gasteiger partial charge in [0.1, 0.15) is 17.2 Å². The van der Waals surface area contributed by atoms with Crippen molar-refractivity contribution < 1.29 is 13.6 Å². The summed E-state index contributed by atoms with van der Waals surface area (Å²) in [4.78, 5) is 13.6. The second-order valence-corrected chi connectivity index (χ2v) is 4.24. The van der Waals surface area contributed by atoms with Gasteiger partial charge in [0.25, 0.3) is 5.91 Å². The Kier molecular flexibility index (Phi) is 3.98. The molecule has 0 bridgehead atoms. The van der Waals surface area contributed by atoms with E-state index in [1.807, 2.05) is 0 Å². The van der Waals surface area contributed by atoms with Crippen molar-refractivity contribution in [2.75, 3.05) is 17.2 Å². The van der Waals surface area contributed by atoms with Crippen LogP contribution in [0.25, 0.3) is 0 Å². The molecule has 0 aliphatic rings. The summed E-state index contributed by atoms with van der Waals surface area (Å²) >= 11 is 0. The van der Waals surface area contributed by atoms with Crippen molar-refractivity contribution in [3.05, 3.63) is 59.7 Å². The minimum Gasteiger partial charge on any atom is -0.399 e. The largest absolute Gasteiger partial charge is 0.399 e. The third-order valence-electron chi connectivity index (χ3n) is 2.94. The molecule has 2 N–H and O–H groups in total. The summed E-state index contributed by atoms with van der Waals surface area (Å²) < 4.78 is 27.3. The highest BCUT2D eigenvalue weighted by Crippen LogP contribution is 2.21. The first-order chi connectivity index (χ1) is 9.54. The van der Waals surface area contributed by atoms with Gasteiger partial charge < -0.3 is 10.6 Å². The standard InChI is InChI=1S/C15H14F2N2O/c1-2-19(11-8-6-10(18)7-9-11)15(20)14-12(16)4-3-5-13(14)17/h3-9H,2,18H2,1H3. The molecule has 1 amide bonds. The van der Waals surface area contributed by atoms with Crippen molar-refractivity contribution in [3.8, 4) is 0 Å². The molecule has 0 atom stereocenters. The van der Waals surface area contributed by atoms with Gasteiger partial charge in [0.05, 0.1) is 0 Å². The number of nitrogen functional groups attached to an aromatic ring is 1. The summed E-state index contributed by atoms with van der Waals surface area (Å²) in [7, 11) is 0. The molecule has 2 aromatic rings. The van der Waals surface area contributed by atoms with Crippen LogP contribution in [-0.4, -0.2) is 12.5 Å². The summed E-state index contributed by atoms with van der Waals surface area (Å²) in [5.74, 6) is -2.46. The van der Waals surface area contributed by atoms with E-state index in [2.05, 4.69) is 0 Å². The lowest BCUT2D eigenvalue weighted by atomic mass is 10.1. The third kappa shape index (κ3) is 2.61. The molecular formula is C15H14F2N2O. The first-order valence-electron chi connectivity index (χ1n) is 6.16. The highest BCUT2D eigenvalue weighted by molar-refractivity contribution is 6.06. The lowest BCUT2D eigenvalue weighted by Crippen LogP contribution is -2.32. The lowest BCUT2D eigenvalue weighted by molar-refractivity contribution is 0.0980. The predicted molar refractivity (Wildman–Crippen MR) is 74.6 cm³/mol. The molecule has 5 heteroatoms. The van der Waals surface area contributed by atoms with Crippen LogP contribution in [0.15, 0.2) is 42.5 Å². The molecule has 0 saturated carbocycles. The SMILES string of the molecule is CCN(C(=O)c1c(F)cccc1F)c1ccc(N)cc1. The Balaban J connectivity index is 2.42. The van der Waals surface area contributed by atoms with Gasteiger partial charge in [0.15, 0.2) is 0 Å². The molecule has 0 fully saturated rings. The maximum atomic E-state index is 13.7. The van der Waals surface area contributed by atoms with Gasteiger partial charge in [-0.15, -0.1) is 0 Å². The fourth-order valence-electron chi connectivity index (χ4n) is 1.93. The Hall–Kier alpha value is -2.43. The highest BCUT2D eigenvalue weighted by Gasteiger charge is 2.23. The van der Waals surface area contributed by atoms with Crippen LogP contribution in [-0.2, 0) is 0 Å². The van der Waals surface area contributed by atoms with E-state index in [0.717, 1.165) is 12.1 Å². The summed E-state index contributed by atoms with van der Waals surface area (Å²) in [6.45, 7) is 2.02. The molecule has 0 radical (unpaired) electrons. The molecule has 0 unspecified atom stereocenters. The molecular weight excluding hydrogens is 262 g/mol. The van der Waals surface area contributed by atoms with Crippen LogP contribution >= 0.6 is 0 Å². The summed E-state index contributed by atoms with van der Waals surface area (Å²) in [6, 6.07) is 9.87. The molecule has 0 heterocycles. The number of nitrogens with zero attached hydrogens (tertiary/aromatic N) is 1. The Morgan fingerprint density at radius 2 is 1.65 bits per heavy atom. The molecule has 0 aliphatic carbocycles. The van der Waals surface area contributed by atoms with E-state index in [1.165, 1.54) is 11.0 Å². The number of hydrogen-bond donors (Lipinski definition) is 1. The summed E-state index contributed by atoms with van der Waals surface area (Å²) in [5, 5.41) is 0. The number of halogens is 2. The van der Waals surface area contributed by atoms with Gasteiger partial charge in [0.2, 0.25) is 0 Å². The van der Waals surface area contributed by atoms with Gasteiger partial charge in [-0.3, -0.25) is 4.79 Å². The number of carbonyl (C=O) groups is 1. The van der Waals surface area contributed by atoms with Crippen LogP contribution in [0, 0.1) is 11.6 Å². The smallest absolute Gasteiger partial charge is 0.264 e. The van der Waals surface area contributed by atoms with Gasteiger partial charge in [-0.2, -0.15) is 0 Å². The molecule has 104 valence electrons. The molecule has 0 spiro atoms. The van der Waals surface area contributed by atoms with Gasteiger partial charge in [-0.25, -0.2) is 8.78 Å². The van der Waals surface area contributed by atoms with E-state index in [0.29, 0.717) is 11.4 Å². The maximum absolute atomic E-state index is 13.7. The molecule has 0 saturated heterocycles. The van der Waals surface area contributed by atoms with Crippen molar-refractivity contribution >= 4 is 17.3 Å². The fourth-order valence-corrected chi connectivity index (χ4v) is 1.93. The average Bonchev–Trinajstić information content (AvgIpc) is 2.41. The van der Waals surface area contributed by atoms with E-state index >= 15 is 0 Å². The molecule has 2 rings (SSSR count). The van der Waals surface area contributed by atoms with Crippen molar-refractivity contribution in [1.29, 1.82) is 0 Å². The van der Waals surface area contributed by atoms with Crippen molar-refractivity contribution in [2.24, 2.45) is 0 Å². The van der Waals surface area contributed by atoms with Gasteiger partial charge in [-0.1, -0.05) is 6.07 Å². The summed E-state index contributed by atoms with van der Waals surface area (Å²) in [5.41, 5.74) is 6.12. The second-order valence-electron chi connectivity index (χ2n) is 4.24. The number of rotatable bonds is 3. The Bertz CT molecular complexity index is 606. The minimum atomic E-state index is -0.871. The van der Waals surface area contributed by atoms with E-state index in [9.17, 15) is 13.6 Å². The normalized spacial score (nSPS) is 10.3. The quantitative estimate of drug-likeness (QED) is 0.875. The monoisotopic (exact) mass is 276 g/mol. The molecule has 0 aliphatic heterocycles. The van der Waals surface area contributed by atoms with Gasteiger partial charge >= 0.3 is 0 Å². The number of benzene rings is 2. The third-order valence-corrected chi connectivity index (χ3v) is 2.94. The predicted octanol–water partition coefficient (Wildman–Crippen LogP) is 3.21. The first kappa shape index (κ1) is 14.0. The first-order valence-corrected chi connectivity index (χ1v) is 6.16. The average molecular weight is 276 g/mol. The summed E-state index contributed by atoms with van der Waals surface area (Å²) in [6.07, 6.45) is 0. The molecule has 2 aromatic carbocycles. The Labute approximate surface area is 115 Å². The van der Waals surface area contributed by atoms with Crippen LogP contribution in [0.3, 0.4) is 0 Å². The molecule has 0 aromatic heterocycles. The van der Waals surface area contributed by atoms with Crippen LogP contribution in [0.4, 0.5) is 20.2 Å². The second kappa shape index (κ2) is 5.69. The fraction of sp³-hybridized carbons (Fsp3) is 0.133. The minimum absolute atomic E-state index is 0.288. The van der Waals surface area contributed by atoms with Crippen molar-refractivity contribution in [1.82, 2.24) is 0 Å². The van der Waals surface area contributed by atoms with Crippen LogP contribution in [0.2, 0.25) is 0 Å². The van der Waals surface area contributed by atoms with Crippen LogP contribution in [0.5, 0.6) is 0 Å². The molecule has 20 heavy (non-hydrogen) atoms. The van der Waals surface area contributed by atoms with Crippen LogP contribution in [0.1, 0.15) is 17.3 Å². The highest BCUT2D eigenvalue weighted by atomic mass is 19.1. The number of nitrogens with two attached hydrogens (primary N) is 1. The molecule has 3 nitrogen and oxygen atoms in total. The number of carbonyl (C=O) groups excluding carboxylic acids is 1. The van der Waals surface area contributed by atoms with Gasteiger partial charge in [-0.05, 0) is 43.3 Å². The zero-order chi connectivity index (χ0) is 14.7. The maximum Gasteiger partial charge on any atom is 0.264 e. The Morgan fingerprint density at radius 3 is 2.15 bits per heavy atom. The van der Waals surface area contributed by atoms with E-state index in [4.69, 9.17) is 5.73 Å². The number of hydrogen-bond acceptors (Lipinski definition) is 2. The van der Waals surface area contributed by atoms with Crippen molar-refractivity contribution in [3.63, 3.8) is 0 Å². The number of amides is 1. The lowest BCUT2D eigenvalue weighted by Gasteiger charge is -2.21. The Morgan fingerprint density at radius 1 is 1.10 bits per heavy atom. The number of anilines is 2. The van der Waals surface area contributed by atoms with Crippen molar-refractivity contribution in [2.45, 2.75) is 6.92 Å². The van der Waals surface area contributed by atoms with E-state index < -0.39 is 23.1 Å². The zero-order valence-electron chi connectivity index (χ0n) is 10.9. The van der Waals surface area contributed by atoms with E-state index in [-0.39, 0.29) is 6.54 Å².